The summed E-state index contributed by atoms with van der Waals surface area (Å²) in [5.41, 5.74) is 0. The molecule has 0 fully saturated rings. The van der Waals surface area contributed by atoms with Gasteiger partial charge in [0, 0.05) is 5.33 Å². The fourth-order valence-corrected chi connectivity index (χ4v) is 2.20. The first-order valence-corrected chi connectivity index (χ1v) is 7.99. The minimum Gasteiger partial charge on any atom is -0.0925 e. The maximum absolute atomic E-state index is 3.53. The van der Waals surface area contributed by atoms with Crippen LogP contribution in [0.3, 0.4) is 0 Å². The zero-order chi connectivity index (χ0) is 11.4. The Balaban J connectivity index is 2.92. The quantitative estimate of drug-likeness (QED) is 0.324. The van der Waals surface area contributed by atoms with Gasteiger partial charge < -0.3 is 0 Å². The van der Waals surface area contributed by atoms with E-state index in [9.17, 15) is 0 Å². The summed E-state index contributed by atoms with van der Waals surface area (Å²) >= 11 is 3.53. The highest BCUT2D eigenvalue weighted by molar-refractivity contribution is 9.09. The second-order valence-electron chi connectivity index (χ2n) is 4.88. The summed E-state index contributed by atoms with van der Waals surface area (Å²) in [7, 11) is 0. The summed E-state index contributed by atoms with van der Waals surface area (Å²) in [6.45, 7) is 4.62. The van der Waals surface area contributed by atoms with Crippen molar-refractivity contribution in [3.05, 3.63) is 0 Å². The van der Waals surface area contributed by atoms with E-state index in [0.29, 0.717) is 0 Å². The molecule has 15 heavy (non-hydrogen) atoms. The van der Waals surface area contributed by atoms with Gasteiger partial charge in [-0.25, -0.2) is 0 Å². The maximum atomic E-state index is 3.53. The topological polar surface area (TPSA) is 0 Å². The minimum absolute atomic E-state index is 0.870. The lowest BCUT2D eigenvalue weighted by Crippen LogP contribution is -1.94. The molecule has 0 radical (unpaired) electrons. The average molecular weight is 277 g/mol. The predicted octanol–water partition coefficient (Wildman–Crippen LogP) is 5.94. The molecule has 0 amide bonds. The first-order chi connectivity index (χ1) is 7.31. The SMILES string of the molecule is CCCCCCCCCCC[C@@H](C)CBr. The molecular formula is C14H29Br. The zero-order valence-corrected chi connectivity index (χ0v) is 12.3. The lowest BCUT2D eigenvalue weighted by molar-refractivity contribution is 0.512. The summed E-state index contributed by atoms with van der Waals surface area (Å²) in [6.07, 6.45) is 14.4. The predicted molar refractivity (Wildman–Crippen MR) is 74.8 cm³/mol. The van der Waals surface area contributed by atoms with E-state index in [4.69, 9.17) is 0 Å². The van der Waals surface area contributed by atoms with Gasteiger partial charge in [-0.1, -0.05) is 87.6 Å². The van der Waals surface area contributed by atoms with Gasteiger partial charge in [-0.15, -0.1) is 0 Å². The van der Waals surface area contributed by atoms with Crippen molar-refractivity contribution in [2.45, 2.75) is 78.1 Å². The second-order valence-corrected chi connectivity index (χ2v) is 5.52. The van der Waals surface area contributed by atoms with Crippen molar-refractivity contribution < 1.29 is 0 Å². The third-order valence-corrected chi connectivity index (χ3v) is 4.17. The van der Waals surface area contributed by atoms with Crippen LogP contribution in [0, 0.1) is 5.92 Å². The Bertz CT molecular complexity index is 112. The number of alkyl halides is 1. The smallest absolute Gasteiger partial charge is 0.00570 e. The molecule has 0 saturated carbocycles. The van der Waals surface area contributed by atoms with Gasteiger partial charge in [-0.05, 0) is 12.3 Å². The molecule has 0 aromatic carbocycles. The molecule has 0 heterocycles. The largest absolute Gasteiger partial charge is 0.0925 e. The summed E-state index contributed by atoms with van der Waals surface area (Å²) in [5.74, 6) is 0.870. The van der Waals surface area contributed by atoms with Gasteiger partial charge >= 0.3 is 0 Å². The second kappa shape index (κ2) is 12.5. The van der Waals surface area contributed by atoms with Crippen LogP contribution in [0.2, 0.25) is 0 Å². The van der Waals surface area contributed by atoms with Crippen molar-refractivity contribution in [2.24, 2.45) is 5.92 Å². The van der Waals surface area contributed by atoms with Crippen molar-refractivity contribution in [3.8, 4) is 0 Å². The van der Waals surface area contributed by atoms with E-state index in [-0.39, 0.29) is 0 Å². The molecule has 0 spiro atoms. The van der Waals surface area contributed by atoms with Crippen LogP contribution in [0.25, 0.3) is 0 Å². The van der Waals surface area contributed by atoms with Crippen LogP contribution in [0.5, 0.6) is 0 Å². The van der Waals surface area contributed by atoms with Crippen LogP contribution in [-0.2, 0) is 0 Å². The van der Waals surface area contributed by atoms with Gasteiger partial charge in [-0.2, -0.15) is 0 Å². The van der Waals surface area contributed by atoms with E-state index in [0.717, 1.165) is 5.92 Å². The molecular weight excluding hydrogens is 248 g/mol. The van der Waals surface area contributed by atoms with Crippen LogP contribution < -0.4 is 0 Å². The highest BCUT2D eigenvalue weighted by atomic mass is 79.9. The van der Waals surface area contributed by atoms with Crippen molar-refractivity contribution >= 4 is 15.9 Å². The van der Waals surface area contributed by atoms with E-state index in [1.165, 1.54) is 69.5 Å². The molecule has 0 bridgehead atoms. The van der Waals surface area contributed by atoms with Crippen molar-refractivity contribution in [1.82, 2.24) is 0 Å². The van der Waals surface area contributed by atoms with E-state index >= 15 is 0 Å². The average Bonchev–Trinajstić information content (AvgIpc) is 2.26. The highest BCUT2D eigenvalue weighted by Gasteiger charge is 1.98. The Labute approximate surface area is 105 Å². The van der Waals surface area contributed by atoms with E-state index in [1.807, 2.05) is 0 Å². The summed E-state index contributed by atoms with van der Waals surface area (Å²) in [4.78, 5) is 0. The lowest BCUT2D eigenvalue weighted by atomic mass is 10.0. The molecule has 0 unspecified atom stereocenters. The maximum Gasteiger partial charge on any atom is 0.00570 e. The highest BCUT2D eigenvalue weighted by Crippen LogP contribution is 2.14. The molecule has 0 aliphatic carbocycles. The monoisotopic (exact) mass is 276 g/mol. The molecule has 1 heteroatoms. The number of halogens is 1. The third-order valence-electron chi connectivity index (χ3n) is 3.06. The third kappa shape index (κ3) is 12.4. The molecule has 0 N–H and O–H groups in total. The standard InChI is InChI=1S/C14H29Br/c1-3-4-5-6-7-8-9-10-11-12-14(2)13-15/h14H,3-13H2,1-2H3/t14-/m1/s1. The molecule has 0 nitrogen and oxygen atoms in total. The Morgan fingerprint density at radius 3 is 1.73 bits per heavy atom. The van der Waals surface area contributed by atoms with E-state index in [1.54, 1.807) is 0 Å². The minimum atomic E-state index is 0.870. The molecule has 0 rings (SSSR count). The van der Waals surface area contributed by atoms with E-state index < -0.39 is 0 Å². The van der Waals surface area contributed by atoms with Gasteiger partial charge in [0.25, 0.3) is 0 Å². The van der Waals surface area contributed by atoms with Gasteiger partial charge in [0.2, 0.25) is 0 Å². The van der Waals surface area contributed by atoms with Crippen molar-refractivity contribution in [2.75, 3.05) is 5.33 Å². The molecule has 1 atom stereocenters. The van der Waals surface area contributed by atoms with Crippen molar-refractivity contribution in [3.63, 3.8) is 0 Å². The number of hydrogen-bond donors (Lipinski definition) is 0. The van der Waals surface area contributed by atoms with Gasteiger partial charge in [0.05, 0.1) is 0 Å². The zero-order valence-electron chi connectivity index (χ0n) is 10.7. The van der Waals surface area contributed by atoms with Crippen LogP contribution in [0.1, 0.15) is 78.1 Å². The summed E-state index contributed by atoms with van der Waals surface area (Å²) < 4.78 is 0. The Morgan fingerprint density at radius 2 is 1.27 bits per heavy atom. The molecule has 0 aromatic heterocycles. The Morgan fingerprint density at radius 1 is 0.800 bits per heavy atom. The molecule has 0 aliphatic rings. The molecule has 0 aliphatic heterocycles. The Hall–Kier alpha value is 0.480. The van der Waals surface area contributed by atoms with Gasteiger partial charge in [0.15, 0.2) is 0 Å². The fourth-order valence-electron chi connectivity index (χ4n) is 1.88. The normalized spacial score (nSPS) is 13.0. The number of unbranched alkanes of at least 4 members (excludes halogenated alkanes) is 8. The molecule has 92 valence electrons. The fraction of sp³-hybridized carbons (Fsp3) is 1.00. The van der Waals surface area contributed by atoms with Crippen LogP contribution >= 0.6 is 15.9 Å². The number of rotatable bonds is 11. The summed E-state index contributed by atoms with van der Waals surface area (Å²) in [5, 5.41) is 1.17. The van der Waals surface area contributed by atoms with Crippen LogP contribution in [-0.4, -0.2) is 5.33 Å². The van der Waals surface area contributed by atoms with Gasteiger partial charge in [0.1, 0.15) is 0 Å². The molecule has 0 saturated heterocycles. The van der Waals surface area contributed by atoms with Crippen LogP contribution in [0.4, 0.5) is 0 Å². The molecule has 0 aromatic rings. The first kappa shape index (κ1) is 15.5. The van der Waals surface area contributed by atoms with E-state index in [2.05, 4.69) is 29.8 Å². The Kier molecular flexibility index (Phi) is 13.0. The van der Waals surface area contributed by atoms with Gasteiger partial charge in [-0.3, -0.25) is 0 Å². The van der Waals surface area contributed by atoms with Crippen LogP contribution in [0.15, 0.2) is 0 Å². The van der Waals surface area contributed by atoms with Crippen molar-refractivity contribution in [1.29, 1.82) is 0 Å². The number of hydrogen-bond acceptors (Lipinski definition) is 0. The lowest BCUT2D eigenvalue weighted by Gasteiger charge is -2.06. The first-order valence-electron chi connectivity index (χ1n) is 6.87. The summed E-state index contributed by atoms with van der Waals surface area (Å²) in [6, 6.07) is 0.